The fourth-order valence-electron chi connectivity index (χ4n) is 11.5. The Morgan fingerprint density at radius 1 is 0.269 bits per heavy atom. The maximum atomic E-state index is 2.46. The van der Waals surface area contributed by atoms with Gasteiger partial charge in [-0.05, 0) is 154 Å². The molecule has 67 heavy (non-hydrogen) atoms. The molecule has 0 saturated carbocycles. The van der Waals surface area contributed by atoms with Crippen LogP contribution < -0.4 is 0 Å². The topological polar surface area (TPSA) is 19.7 Å². The van der Waals surface area contributed by atoms with E-state index >= 15 is 0 Å². The molecule has 0 N–H and O–H groups in total. The van der Waals surface area contributed by atoms with Crippen LogP contribution in [-0.2, 0) is 5.41 Å². The zero-order chi connectivity index (χ0) is 44.4. The summed E-state index contributed by atoms with van der Waals surface area (Å²) in [6, 6.07) is 85.5. The summed E-state index contributed by atoms with van der Waals surface area (Å²) < 4.78 is 9.71. The summed E-state index contributed by atoms with van der Waals surface area (Å²) in [7, 11) is 0. The SMILES string of the molecule is CC1(C)c2ccccc2-c2ccc(-n3c4cccc(c4)c4cccc(c4)n(-c4ccc5c(c4)c4ccccc4n5-c4ccccc4)c4ccc5c(c4)c4cc3ccc4n5-c3ccccc3)cc21. The van der Waals surface area contributed by atoms with E-state index in [4.69, 9.17) is 0 Å². The van der Waals surface area contributed by atoms with Crippen molar-refractivity contribution in [1.82, 2.24) is 18.3 Å². The van der Waals surface area contributed by atoms with Crippen molar-refractivity contribution >= 4 is 76.5 Å². The lowest BCUT2D eigenvalue weighted by molar-refractivity contribution is 0.660. The minimum absolute atomic E-state index is 0.133. The first-order chi connectivity index (χ1) is 33.0. The quantitative estimate of drug-likeness (QED) is 0.168. The predicted octanol–water partition coefficient (Wildman–Crippen LogP) is 16.4. The molecule has 3 heterocycles. The molecule has 1 aliphatic carbocycles. The minimum atomic E-state index is -0.133. The standard InChI is InChI=1S/C63H44N4/c1-63(2)57-25-11-9-23-51(57)52-31-27-50(40-58(52)63)65-46-22-14-16-42(36-46)41-15-13-21-45(35-41)64(47-28-32-60-54(37-47)53-24-10-12-26-59(53)66(60)43-17-5-3-6-18-43)48-29-33-61-55(38-48)56-39-49(65)30-34-62(56)67(61)44-19-7-4-8-20-44/h3-40H,1-2H3. The molecule has 0 amide bonds. The van der Waals surface area contributed by atoms with E-state index in [9.17, 15) is 0 Å². The van der Waals surface area contributed by atoms with Gasteiger partial charge in [-0.25, -0.2) is 0 Å². The molecule has 4 heteroatoms. The maximum Gasteiger partial charge on any atom is 0.0542 e. The maximum absolute atomic E-state index is 2.46. The van der Waals surface area contributed by atoms with Gasteiger partial charge < -0.3 is 18.3 Å². The van der Waals surface area contributed by atoms with Crippen LogP contribution >= 0.6 is 0 Å². The average molecular weight is 857 g/mol. The van der Waals surface area contributed by atoms with Crippen LogP contribution in [0.4, 0.5) is 0 Å². The highest BCUT2D eigenvalue weighted by molar-refractivity contribution is 6.13. The smallest absolute Gasteiger partial charge is 0.0542 e. The highest BCUT2D eigenvalue weighted by atomic mass is 15.0. The molecule has 1 aliphatic rings. The van der Waals surface area contributed by atoms with Gasteiger partial charge in [-0.15, -0.1) is 0 Å². The van der Waals surface area contributed by atoms with Crippen molar-refractivity contribution in [3.05, 3.63) is 242 Å². The van der Waals surface area contributed by atoms with Crippen molar-refractivity contribution in [2.75, 3.05) is 0 Å². The molecule has 13 aromatic rings. The van der Waals surface area contributed by atoms with Gasteiger partial charge in [0.25, 0.3) is 0 Å². The van der Waals surface area contributed by atoms with E-state index in [0.717, 1.165) is 66.6 Å². The van der Waals surface area contributed by atoms with Gasteiger partial charge in [0, 0.05) is 71.8 Å². The lowest BCUT2D eigenvalue weighted by atomic mass is 9.82. The Labute approximate surface area is 387 Å². The van der Waals surface area contributed by atoms with Gasteiger partial charge in [0.2, 0.25) is 0 Å². The van der Waals surface area contributed by atoms with Gasteiger partial charge in [0.1, 0.15) is 0 Å². The Balaban J connectivity index is 1.10. The van der Waals surface area contributed by atoms with Crippen LogP contribution in [0, 0.1) is 0 Å². The molecule has 3 aromatic heterocycles. The first kappa shape index (κ1) is 37.7. The predicted molar refractivity (Wildman–Crippen MR) is 281 cm³/mol. The van der Waals surface area contributed by atoms with Gasteiger partial charge in [-0.1, -0.05) is 123 Å². The molecule has 14 rings (SSSR count). The molecule has 0 saturated heterocycles. The van der Waals surface area contributed by atoms with E-state index in [0.29, 0.717) is 0 Å². The van der Waals surface area contributed by atoms with Crippen LogP contribution in [0.1, 0.15) is 25.0 Å². The van der Waals surface area contributed by atoms with E-state index in [1.807, 2.05) is 0 Å². The Hall–Kier alpha value is -8.60. The molecule has 0 fully saturated rings. The first-order valence-corrected chi connectivity index (χ1v) is 23.3. The first-order valence-electron chi connectivity index (χ1n) is 23.3. The summed E-state index contributed by atoms with van der Waals surface area (Å²) in [6.07, 6.45) is 0. The second kappa shape index (κ2) is 14.2. The zero-order valence-electron chi connectivity index (χ0n) is 37.2. The monoisotopic (exact) mass is 856 g/mol. The van der Waals surface area contributed by atoms with Crippen molar-refractivity contribution in [2.45, 2.75) is 19.3 Å². The zero-order valence-corrected chi connectivity index (χ0v) is 37.2. The summed E-state index contributed by atoms with van der Waals surface area (Å²) >= 11 is 0. The molecule has 0 unspecified atom stereocenters. The number of aromatic nitrogens is 4. The highest BCUT2D eigenvalue weighted by Gasteiger charge is 2.35. The number of hydrogen-bond acceptors (Lipinski definition) is 0. The lowest BCUT2D eigenvalue weighted by Gasteiger charge is -2.22. The van der Waals surface area contributed by atoms with Crippen LogP contribution in [0.15, 0.2) is 231 Å². The number of nitrogens with zero attached hydrogens (tertiary/aromatic N) is 4. The third-order valence-corrected chi connectivity index (χ3v) is 14.6. The number of hydrogen-bond donors (Lipinski definition) is 0. The van der Waals surface area contributed by atoms with Crippen LogP contribution in [-0.4, -0.2) is 18.3 Å². The molecule has 0 spiro atoms. The number of fused-ring (bicyclic) bond motifs is 13. The van der Waals surface area contributed by atoms with Gasteiger partial charge in [-0.3, -0.25) is 0 Å². The van der Waals surface area contributed by atoms with Crippen molar-refractivity contribution in [3.63, 3.8) is 0 Å². The third kappa shape index (κ3) is 5.60. The largest absolute Gasteiger partial charge is 0.310 e. The van der Waals surface area contributed by atoms with Crippen LogP contribution in [0.25, 0.3) is 110 Å². The summed E-state index contributed by atoms with van der Waals surface area (Å²) in [5.41, 5.74) is 18.9. The molecule has 0 radical (unpaired) electrons. The van der Waals surface area contributed by atoms with Gasteiger partial charge in [0.15, 0.2) is 0 Å². The Bertz CT molecular complexity index is 4230. The van der Waals surface area contributed by atoms with E-state index in [1.165, 1.54) is 54.8 Å². The van der Waals surface area contributed by atoms with Crippen LogP contribution in [0.2, 0.25) is 0 Å². The van der Waals surface area contributed by atoms with Crippen molar-refractivity contribution in [1.29, 1.82) is 0 Å². The van der Waals surface area contributed by atoms with Gasteiger partial charge in [0.05, 0.1) is 22.1 Å². The molecule has 0 atom stereocenters. The Morgan fingerprint density at radius 3 is 1.36 bits per heavy atom. The van der Waals surface area contributed by atoms with Gasteiger partial charge in [-0.2, -0.15) is 0 Å². The molecular formula is C63H44N4. The van der Waals surface area contributed by atoms with Crippen molar-refractivity contribution in [3.8, 4) is 33.9 Å². The molecule has 10 aromatic carbocycles. The molecule has 0 aliphatic heterocycles. The average Bonchev–Trinajstić information content (AvgIpc) is 3.97. The molecular weight excluding hydrogens is 813 g/mol. The molecule has 316 valence electrons. The normalized spacial score (nSPS) is 13.0. The van der Waals surface area contributed by atoms with Crippen LogP contribution in [0.3, 0.4) is 0 Å². The summed E-state index contributed by atoms with van der Waals surface area (Å²) in [6.45, 7) is 4.73. The van der Waals surface area contributed by atoms with E-state index < -0.39 is 0 Å². The highest BCUT2D eigenvalue weighted by Crippen LogP contribution is 2.49. The fourth-order valence-corrected chi connectivity index (χ4v) is 11.5. The van der Waals surface area contributed by atoms with E-state index in [2.05, 4.69) is 263 Å². The molecule has 4 nitrogen and oxygen atoms in total. The summed E-state index contributed by atoms with van der Waals surface area (Å²) in [4.78, 5) is 0. The summed E-state index contributed by atoms with van der Waals surface area (Å²) in [5, 5.41) is 7.14. The van der Waals surface area contributed by atoms with Gasteiger partial charge >= 0.3 is 0 Å². The van der Waals surface area contributed by atoms with E-state index in [-0.39, 0.29) is 5.41 Å². The van der Waals surface area contributed by atoms with Crippen molar-refractivity contribution < 1.29 is 0 Å². The Morgan fingerprint density at radius 2 is 0.731 bits per heavy atom. The minimum Gasteiger partial charge on any atom is -0.310 e. The molecule has 8 bridgehead atoms. The fraction of sp³-hybridized carbons (Fsp3) is 0.0476. The Kier molecular flexibility index (Phi) is 8.00. The number of benzene rings is 10. The number of rotatable bonds is 4. The number of para-hydroxylation sites is 3. The van der Waals surface area contributed by atoms with Crippen molar-refractivity contribution in [2.24, 2.45) is 0 Å². The summed E-state index contributed by atoms with van der Waals surface area (Å²) in [5.74, 6) is 0. The second-order valence-electron chi connectivity index (χ2n) is 18.6. The third-order valence-electron chi connectivity index (χ3n) is 14.6. The van der Waals surface area contributed by atoms with Crippen LogP contribution in [0.5, 0.6) is 0 Å². The van der Waals surface area contributed by atoms with E-state index in [1.54, 1.807) is 0 Å². The lowest BCUT2D eigenvalue weighted by Crippen LogP contribution is -2.15. The second-order valence-corrected chi connectivity index (χ2v) is 18.6.